The average Bonchev–Trinajstić information content (AvgIpc) is 2.36. The molecule has 0 aliphatic carbocycles. The maximum Gasteiger partial charge on any atom is 0.235 e. The highest BCUT2D eigenvalue weighted by atomic mass is 35.5. The van der Waals surface area contributed by atoms with Gasteiger partial charge in [0.1, 0.15) is 6.61 Å². The minimum absolute atomic E-state index is 0.0302. The van der Waals surface area contributed by atoms with E-state index in [1.165, 1.54) is 6.07 Å². The van der Waals surface area contributed by atoms with Crippen LogP contribution in [0.3, 0.4) is 0 Å². The third-order valence-corrected chi connectivity index (χ3v) is 3.82. The monoisotopic (exact) mass is 331 g/mol. The van der Waals surface area contributed by atoms with Gasteiger partial charge in [0.05, 0.1) is 24.2 Å². The lowest BCUT2D eigenvalue weighted by molar-refractivity contribution is 0.0913. The Balaban J connectivity index is 2.87. The molecule has 0 aliphatic rings. The number of ether oxygens (including phenoxy) is 1. The number of anilines is 1. The molecular formula is C14H18ClNO4S. The van der Waals surface area contributed by atoms with Gasteiger partial charge in [-0.05, 0) is 32.0 Å². The smallest absolute Gasteiger partial charge is 0.235 e. The van der Waals surface area contributed by atoms with Gasteiger partial charge in [-0.25, -0.2) is 8.42 Å². The van der Waals surface area contributed by atoms with Crippen molar-refractivity contribution < 1.29 is 18.3 Å². The highest BCUT2D eigenvalue weighted by molar-refractivity contribution is 7.92. The first kappa shape index (κ1) is 17.8. The Bertz CT molecular complexity index is 632. The zero-order valence-corrected chi connectivity index (χ0v) is 13.5. The molecule has 7 heteroatoms. The predicted molar refractivity (Wildman–Crippen MR) is 83.9 cm³/mol. The molecule has 1 aromatic rings. The normalized spacial score (nSPS) is 11.1. The Labute approximate surface area is 130 Å². The van der Waals surface area contributed by atoms with Crippen LogP contribution in [0.1, 0.15) is 19.4 Å². The molecule has 0 unspecified atom stereocenters. The first-order valence-corrected chi connectivity index (χ1v) is 8.38. The number of rotatable bonds is 6. The molecule has 0 radical (unpaired) electrons. The van der Waals surface area contributed by atoms with E-state index in [4.69, 9.17) is 21.4 Å². The summed E-state index contributed by atoms with van der Waals surface area (Å²) in [6.07, 6.45) is -0.0302. The first-order valence-electron chi connectivity index (χ1n) is 6.35. The second-order valence-corrected chi connectivity index (χ2v) is 6.77. The molecule has 5 nitrogen and oxygen atoms in total. The maximum absolute atomic E-state index is 12.0. The van der Waals surface area contributed by atoms with Crippen LogP contribution in [0.15, 0.2) is 18.2 Å². The van der Waals surface area contributed by atoms with Crippen molar-refractivity contribution in [3.8, 4) is 11.8 Å². The van der Waals surface area contributed by atoms with Crippen LogP contribution < -0.4 is 4.72 Å². The van der Waals surface area contributed by atoms with Crippen LogP contribution in [0.2, 0.25) is 5.02 Å². The molecule has 0 saturated heterocycles. The topological polar surface area (TPSA) is 75.6 Å². The molecule has 0 saturated carbocycles. The quantitative estimate of drug-likeness (QED) is 0.780. The molecule has 116 valence electrons. The summed E-state index contributed by atoms with van der Waals surface area (Å²) in [6, 6.07) is 4.67. The van der Waals surface area contributed by atoms with Crippen LogP contribution in [0.5, 0.6) is 0 Å². The predicted octanol–water partition coefficient (Wildman–Crippen LogP) is 1.85. The van der Waals surface area contributed by atoms with Crippen molar-refractivity contribution in [1.29, 1.82) is 0 Å². The summed E-state index contributed by atoms with van der Waals surface area (Å²) in [4.78, 5) is 0. The minimum atomic E-state index is -3.56. The zero-order chi connectivity index (χ0) is 15.9. The van der Waals surface area contributed by atoms with E-state index < -0.39 is 10.0 Å². The number of nitrogens with one attached hydrogen (secondary N) is 1. The van der Waals surface area contributed by atoms with Gasteiger partial charge in [0.15, 0.2) is 0 Å². The highest BCUT2D eigenvalue weighted by Gasteiger charge is 2.13. The third-order valence-electron chi connectivity index (χ3n) is 2.35. The standard InChI is InChI=1S/C14H18ClNO4S/c1-11(2)20-8-9-21(18,19)16-14-10-13(15)6-5-12(14)4-3-7-17/h5-6,10-11,16-17H,7-9H2,1-2H3. The Morgan fingerprint density at radius 3 is 2.76 bits per heavy atom. The van der Waals surface area contributed by atoms with Crippen molar-refractivity contribution in [1.82, 2.24) is 0 Å². The van der Waals surface area contributed by atoms with Gasteiger partial charge >= 0.3 is 0 Å². The Morgan fingerprint density at radius 2 is 2.14 bits per heavy atom. The van der Waals surface area contributed by atoms with Crippen LogP contribution >= 0.6 is 11.6 Å². The lowest BCUT2D eigenvalue weighted by Gasteiger charge is -2.11. The van der Waals surface area contributed by atoms with Crippen molar-refractivity contribution in [3.63, 3.8) is 0 Å². The number of hydrogen-bond acceptors (Lipinski definition) is 4. The highest BCUT2D eigenvalue weighted by Crippen LogP contribution is 2.21. The zero-order valence-electron chi connectivity index (χ0n) is 11.9. The molecule has 0 fully saturated rings. The second kappa shape index (κ2) is 8.25. The van der Waals surface area contributed by atoms with Crippen molar-refractivity contribution >= 4 is 27.3 Å². The van der Waals surface area contributed by atoms with Crippen LogP contribution in [0, 0.1) is 11.8 Å². The fraction of sp³-hybridized carbons (Fsp3) is 0.429. The summed E-state index contributed by atoms with van der Waals surface area (Å²) < 4.78 is 31.6. The number of halogens is 1. The van der Waals surface area contributed by atoms with Gasteiger partial charge in [0.2, 0.25) is 10.0 Å². The molecule has 0 aromatic heterocycles. The summed E-state index contributed by atoms with van der Waals surface area (Å²) in [6.45, 7) is 3.46. The van der Waals surface area contributed by atoms with Crippen LogP contribution in [-0.4, -0.2) is 38.6 Å². The van der Waals surface area contributed by atoms with E-state index in [0.29, 0.717) is 10.6 Å². The molecule has 0 heterocycles. The lowest BCUT2D eigenvalue weighted by Crippen LogP contribution is -2.22. The van der Waals surface area contributed by atoms with Gasteiger partial charge in [-0.3, -0.25) is 4.72 Å². The summed E-state index contributed by atoms with van der Waals surface area (Å²) in [5.41, 5.74) is 0.731. The molecule has 0 bridgehead atoms. The van der Waals surface area contributed by atoms with Crippen LogP contribution in [-0.2, 0) is 14.8 Å². The number of sulfonamides is 1. The number of hydrogen-bond donors (Lipinski definition) is 2. The summed E-state index contributed by atoms with van der Waals surface area (Å²) >= 11 is 5.87. The number of benzene rings is 1. The van der Waals surface area contributed by atoms with Gasteiger partial charge in [-0.1, -0.05) is 23.4 Å². The van der Waals surface area contributed by atoms with Gasteiger partial charge in [-0.15, -0.1) is 0 Å². The van der Waals surface area contributed by atoms with Gasteiger partial charge < -0.3 is 9.84 Å². The van der Waals surface area contributed by atoms with E-state index in [1.807, 2.05) is 13.8 Å². The average molecular weight is 332 g/mol. The number of aliphatic hydroxyl groups is 1. The van der Waals surface area contributed by atoms with E-state index >= 15 is 0 Å². The maximum atomic E-state index is 12.0. The van der Waals surface area contributed by atoms with E-state index in [1.54, 1.807) is 12.1 Å². The molecule has 21 heavy (non-hydrogen) atoms. The molecule has 0 aliphatic heterocycles. The third kappa shape index (κ3) is 6.82. The Morgan fingerprint density at radius 1 is 1.43 bits per heavy atom. The largest absolute Gasteiger partial charge is 0.384 e. The summed E-state index contributed by atoms with van der Waals surface area (Å²) in [7, 11) is -3.56. The van der Waals surface area contributed by atoms with Crippen LogP contribution in [0.25, 0.3) is 0 Å². The molecule has 0 atom stereocenters. The summed E-state index contributed by atoms with van der Waals surface area (Å²) in [5.74, 6) is 4.98. The van der Waals surface area contributed by atoms with Crippen molar-refractivity contribution in [2.75, 3.05) is 23.7 Å². The second-order valence-electron chi connectivity index (χ2n) is 4.49. The van der Waals surface area contributed by atoms with Crippen molar-refractivity contribution in [3.05, 3.63) is 28.8 Å². The first-order chi connectivity index (χ1) is 9.84. The van der Waals surface area contributed by atoms with E-state index in [9.17, 15) is 8.42 Å². The Hall–Kier alpha value is -1.26. The molecule has 1 rings (SSSR count). The van der Waals surface area contributed by atoms with Crippen LogP contribution in [0.4, 0.5) is 5.69 Å². The van der Waals surface area contributed by atoms with E-state index in [2.05, 4.69) is 16.6 Å². The van der Waals surface area contributed by atoms with Crippen molar-refractivity contribution in [2.45, 2.75) is 20.0 Å². The van der Waals surface area contributed by atoms with Crippen molar-refractivity contribution in [2.24, 2.45) is 0 Å². The fourth-order valence-electron chi connectivity index (χ4n) is 1.46. The molecule has 2 N–H and O–H groups in total. The minimum Gasteiger partial charge on any atom is -0.384 e. The van der Waals surface area contributed by atoms with E-state index in [0.717, 1.165) is 0 Å². The lowest BCUT2D eigenvalue weighted by atomic mass is 10.2. The van der Waals surface area contributed by atoms with E-state index in [-0.39, 0.29) is 30.8 Å². The summed E-state index contributed by atoms with van der Waals surface area (Å²) in [5, 5.41) is 9.11. The van der Waals surface area contributed by atoms with Gasteiger partial charge in [0.25, 0.3) is 0 Å². The molecule has 0 amide bonds. The van der Waals surface area contributed by atoms with Gasteiger partial charge in [-0.2, -0.15) is 0 Å². The van der Waals surface area contributed by atoms with Gasteiger partial charge in [0, 0.05) is 10.6 Å². The molecule has 1 aromatic carbocycles. The molecular weight excluding hydrogens is 314 g/mol. The number of aliphatic hydroxyl groups excluding tert-OH is 1. The molecule has 0 spiro atoms. The Kier molecular flexibility index (Phi) is 6.99. The SMILES string of the molecule is CC(C)OCCS(=O)(=O)Nc1cc(Cl)ccc1C#CCO. The fourth-order valence-corrected chi connectivity index (χ4v) is 2.55.